The summed E-state index contributed by atoms with van der Waals surface area (Å²) in [7, 11) is 4.24. The van der Waals surface area contributed by atoms with E-state index in [1.165, 1.54) is 6.42 Å². The quantitative estimate of drug-likeness (QED) is 0.177. The number of hydrogen-bond donors (Lipinski definition) is 2. The molecule has 4 rings (SSSR count). The molecule has 4 fully saturated rings. The summed E-state index contributed by atoms with van der Waals surface area (Å²) in [6.45, 7) is 14.4. The van der Waals surface area contributed by atoms with E-state index in [-0.39, 0.29) is 35.7 Å². The van der Waals surface area contributed by atoms with Gasteiger partial charge in [-0.2, -0.15) is 11.8 Å². The second kappa shape index (κ2) is 20.4. The highest BCUT2D eigenvalue weighted by Gasteiger charge is 2.43. The van der Waals surface area contributed by atoms with Crippen LogP contribution in [0.4, 0.5) is 0 Å². The number of amides is 4. The van der Waals surface area contributed by atoms with Crippen LogP contribution in [0.15, 0.2) is 0 Å². The Morgan fingerprint density at radius 2 is 1.70 bits per heavy atom. The molecule has 0 aromatic heterocycles. The number of thioether (sulfide) groups is 1. The van der Waals surface area contributed by atoms with Crippen LogP contribution in [-0.4, -0.2) is 132 Å². The van der Waals surface area contributed by atoms with Crippen molar-refractivity contribution in [1.82, 2.24) is 30.2 Å². The lowest BCUT2D eigenvalue weighted by Crippen LogP contribution is -2.63. The van der Waals surface area contributed by atoms with Crippen LogP contribution in [0.2, 0.25) is 0 Å². The molecule has 0 spiro atoms. The zero-order chi connectivity index (χ0) is 36.2. The Morgan fingerprint density at radius 3 is 2.40 bits per heavy atom. The van der Waals surface area contributed by atoms with Gasteiger partial charge < -0.3 is 25.3 Å². The largest absolute Gasteiger partial charge is 0.356 e. The molecule has 0 aromatic rings. The van der Waals surface area contributed by atoms with Gasteiger partial charge in [-0.1, -0.05) is 40.5 Å². The second-order valence-corrected chi connectivity index (χ2v) is 18.1. The summed E-state index contributed by atoms with van der Waals surface area (Å²) in [5.41, 5.74) is 0. The minimum absolute atomic E-state index is 0.136. The van der Waals surface area contributed by atoms with E-state index in [1.54, 1.807) is 0 Å². The normalized spacial score (nSPS) is 25.5. The fraction of sp³-hybridized carbons (Fsp3) is 0.897. The number of piperidine rings is 1. The molecule has 0 radical (unpaired) electrons. The van der Waals surface area contributed by atoms with Gasteiger partial charge in [0.05, 0.1) is 6.04 Å². The maximum absolute atomic E-state index is 14.2. The van der Waals surface area contributed by atoms with Gasteiger partial charge in [0.25, 0.3) is 0 Å². The summed E-state index contributed by atoms with van der Waals surface area (Å²) in [6.07, 6.45) is 12.0. The standard InChI is InChI=1S/C39H70N6O4S/c1-28(2)24-33-39(49)45(34(25-29(3)4)38(48)44-20-15-30(16-21-44)14-19-42(5)6)23-22-43(33)18-11-7-10-17-40-36(46)13-9-8-12-35-31-26-37(47)41-32(31)27-50-35/h28-35H,7-27H2,1-6H3,(H,40,46)(H,41,47)/t31?,32?,33-,34-,35?/m0/s1. The highest BCUT2D eigenvalue weighted by atomic mass is 32.2. The molecular formula is C39H70N6O4S. The molecule has 5 atom stereocenters. The first-order valence-corrected chi connectivity index (χ1v) is 21.1. The van der Waals surface area contributed by atoms with Gasteiger partial charge in [0.15, 0.2) is 0 Å². The molecule has 2 N–H and O–H groups in total. The fourth-order valence-corrected chi connectivity index (χ4v) is 10.2. The Bertz CT molecular complexity index is 1100. The average Bonchev–Trinajstić information content (AvgIpc) is 3.62. The van der Waals surface area contributed by atoms with Crippen molar-refractivity contribution in [2.45, 2.75) is 135 Å². The number of rotatable bonds is 20. The summed E-state index contributed by atoms with van der Waals surface area (Å²) < 4.78 is 0. The molecule has 4 aliphatic heterocycles. The lowest BCUT2D eigenvalue weighted by Gasteiger charge is -2.45. The summed E-state index contributed by atoms with van der Waals surface area (Å²) in [5.74, 6) is 3.53. The Morgan fingerprint density at radius 1 is 0.940 bits per heavy atom. The van der Waals surface area contributed by atoms with Crippen LogP contribution >= 0.6 is 11.8 Å². The molecule has 4 aliphatic rings. The number of nitrogens with zero attached hydrogens (tertiary/aromatic N) is 4. The van der Waals surface area contributed by atoms with Gasteiger partial charge in [-0.05, 0) is 103 Å². The van der Waals surface area contributed by atoms with E-state index in [1.807, 2.05) is 16.7 Å². The van der Waals surface area contributed by atoms with Crippen molar-refractivity contribution < 1.29 is 19.2 Å². The van der Waals surface area contributed by atoms with Crippen LogP contribution in [0.3, 0.4) is 0 Å². The molecule has 0 aromatic carbocycles. The van der Waals surface area contributed by atoms with Crippen LogP contribution in [0.1, 0.15) is 111 Å². The molecule has 10 nitrogen and oxygen atoms in total. The number of piperazine rings is 1. The number of hydrogen-bond acceptors (Lipinski definition) is 7. The highest BCUT2D eigenvalue weighted by Crippen LogP contribution is 2.40. The molecule has 0 aliphatic carbocycles. The Hall–Kier alpha value is -1.85. The zero-order valence-electron chi connectivity index (χ0n) is 32.3. The predicted octanol–water partition coefficient (Wildman–Crippen LogP) is 4.62. The van der Waals surface area contributed by atoms with Gasteiger partial charge in [-0.25, -0.2) is 0 Å². The molecule has 0 saturated carbocycles. The minimum atomic E-state index is -0.370. The Balaban J connectivity index is 1.16. The van der Waals surface area contributed by atoms with Crippen molar-refractivity contribution in [3.8, 4) is 0 Å². The van der Waals surface area contributed by atoms with E-state index < -0.39 is 0 Å². The SMILES string of the molecule is CC(C)C[C@H]1C(=O)N([C@@H](CC(C)C)C(=O)N2CCC(CCN(C)C)CC2)CCN1CCCCCNC(=O)CCCCC1SCC2NC(=O)CC21. The molecular weight excluding hydrogens is 649 g/mol. The van der Waals surface area contributed by atoms with Gasteiger partial charge >= 0.3 is 0 Å². The molecule has 4 saturated heterocycles. The molecule has 50 heavy (non-hydrogen) atoms. The Kier molecular flexibility index (Phi) is 16.7. The maximum atomic E-state index is 14.2. The molecule has 3 unspecified atom stereocenters. The van der Waals surface area contributed by atoms with Crippen molar-refractivity contribution >= 4 is 35.4 Å². The van der Waals surface area contributed by atoms with Gasteiger partial charge in [0, 0.05) is 68.5 Å². The number of likely N-dealkylation sites (tertiary alicyclic amines) is 1. The van der Waals surface area contributed by atoms with E-state index in [4.69, 9.17) is 0 Å². The van der Waals surface area contributed by atoms with Crippen LogP contribution in [0.5, 0.6) is 0 Å². The highest BCUT2D eigenvalue weighted by molar-refractivity contribution is 8.00. The number of unbranched alkanes of at least 4 members (excludes halogenated alkanes) is 3. The van der Waals surface area contributed by atoms with Crippen LogP contribution < -0.4 is 10.6 Å². The lowest BCUT2D eigenvalue weighted by atomic mass is 9.91. The number of carbonyl (C=O) groups excluding carboxylic acids is 4. The molecule has 11 heteroatoms. The third kappa shape index (κ3) is 12.4. The molecule has 0 bridgehead atoms. The van der Waals surface area contributed by atoms with Crippen molar-refractivity contribution in [1.29, 1.82) is 0 Å². The van der Waals surface area contributed by atoms with E-state index in [9.17, 15) is 19.2 Å². The molecule has 4 heterocycles. The third-order valence-electron chi connectivity index (χ3n) is 11.4. The van der Waals surface area contributed by atoms with Crippen LogP contribution in [0, 0.1) is 23.7 Å². The zero-order valence-corrected chi connectivity index (χ0v) is 33.1. The van der Waals surface area contributed by atoms with E-state index >= 15 is 0 Å². The Labute approximate surface area is 307 Å². The third-order valence-corrected chi connectivity index (χ3v) is 13.0. The topological polar surface area (TPSA) is 105 Å². The van der Waals surface area contributed by atoms with Crippen LogP contribution in [-0.2, 0) is 19.2 Å². The first kappa shape index (κ1) is 40.9. The molecule has 286 valence electrons. The summed E-state index contributed by atoms with van der Waals surface area (Å²) in [6, 6.07) is -0.187. The maximum Gasteiger partial charge on any atom is 0.245 e. The summed E-state index contributed by atoms with van der Waals surface area (Å²) in [5, 5.41) is 6.75. The first-order valence-electron chi connectivity index (χ1n) is 20.1. The average molecular weight is 719 g/mol. The van der Waals surface area contributed by atoms with Gasteiger partial charge in [0.2, 0.25) is 23.6 Å². The van der Waals surface area contributed by atoms with Crippen molar-refractivity contribution in [2.75, 3.05) is 65.7 Å². The van der Waals surface area contributed by atoms with E-state index in [0.717, 1.165) is 96.3 Å². The number of carbonyl (C=O) groups is 4. The van der Waals surface area contributed by atoms with E-state index in [2.05, 4.69) is 67.1 Å². The summed E-state index contributed by atoms with van der Waals surface area (Å²) >= 11 is 1.98. The van der Waals surface area contributed by atoms with Crippen LogP contribution in [0.25, 0.3) is 0 Å². The second-order valence-electron chi connectivity index (χ2n) is 16.8. The van der Waals surface area contributed by atoms with Gasteiger partial charge in [0.1, 0.15) is 6.04 Å². The minimum Gasteiger partial charge on any atom is -0.356 e. The predicted molar refractivity (Wildman–Crippen MR) is 204 cm³/mol. The number of nitrogens with one attached hydrogen (secondary N) is 2. The lowest BCUT2D eigenvalue weighted by molar-refractivity contribution is -0.155. The molecule has 4 amide bonds. The van der Waals surface area contributed by atoms with E-state index in [0.29, 0.717) is 67.3 Å². The van der Waals surface area contributed by atoms with Gasteiger partial charge in [-0.3, -0.25) is 24.1 Å². The first-order chi connectivity index (χ1) is 23.9. The summed E-state index contributed by atoms with van der Waals surface area (Å²) in [4.78, 5) is 61.0. The fourth-order valence-electron chi connectivity index (χ4n) is 8.52. The van der Waals surface area contributed by atoms with Crippen molar-refractivity contribution in [2.24, 2.45) is 23.7 Å². The van der Waals surface area contributed by atoms with Crippen molar-refractivity contribution in [3.63, 3.8) is 0 Å². The van der Waals surface area contributed by atoms with Gasteiger partial charge in [-0.15, -0.1) is 0 Å². The van der Waals surface area contributed by atoms with Crippen molar-refractivity contribution in [3.05, 3.63) is 0 Å². The smallest absolute Gasteiger partial charge is 0.245 e. The number of fused-ring (bicyclic) bond motifs is 1. The monoisotopic (exact) mass is 719 g/mol.